The maximum Gasteiger partial charge on any atom is 0.416 e. The molecule has 128 valence electrons. The van der Waals surface area contributed by atoms with Gasteiger partial charge in [-0.15, -0.1) is 0 Å². The summed E-state index contributed by atoms with van der Waals surface area (Å²) in [5.74, 6) is -0.308. The van der Waals surface area contributed by atoms with Crippen molar-refractivity contribution in [2.45, 2.75) is 32.1 Å². The Balaban J connectivity index is 1.94. The van der Waals surface area contributed by atoms with Crippen molar-refractivity contribution in [3.63, 3.8) is 0 Å². The zero-order valence-corrected chi connectivity index (χ0v) is 13.4. The molecule has 3 nitrogen and oxygen atoms in total. The molecule has 0 spiro atoms. The number of hydrogen-bond acceptors (Lipinski definition) is 2. The smallest absolute Gasteiger partial charge is 0.325 e. The molecule has 6 heteroatoms. The van der Waals surface area contributed by atoms with Gasteiger partial charge in [0.2, 0.25) is 5.91 Å². The maximum absolute atomic E-state index is 12.5. The molecule has 0 radical (unpaired) electrons. The number of nitrogens with one attached hydrogen (secondary N) is 2. The van der Waals surface area contributed by atoms with E-state index in [1.807, 2.05) is 37.3 Å². The van der Waals surface area contributed by atoms with Crippen LogP contribution >= 0.6 is 0 Å². The second-order valence-corrected chi connectivity index (χ2v) is 5.59. The number of anilines is 1. The van der Waals surface area contributed by atoms with Crippen LogP contribution in [-0.2, 0) is 11.0 Å². The fraction of sp³-hybridized carbons (Fsp3) is 0.278. The van der Waals surface area contributed by atoms with Crippen LogP contribution in [-0.4, -0.2) is 11.9 Å². The van der Waals surface area contributed by atoms with Gasteiger partial charge in [0.25, 0.3) is 0 Å². The first-order valence-corrected chi connectivity index (χ1v) is 7.56. The SMILES string of the molecule is C[C@H](N[C@H](C)C(=O)Nc1ccc(C(F)(F)F)cc1)c1ccccc1. The molecule has 0 aliphatic rings. The van der Waals surface area contributed by atoms with Crippen LogP contribution in [0.3, 0.4) is 0 Å². The van der Waals surface area contributed by atoms with E-state index in [9.17, 15) is 18.0 Å². The second-order valence-electron chi connectivity index (χ2n) is 5.59. The highest BCUT2D eigenvalue weighted by atomic mass is 19.4. The first kappa shape index (κ1) is 18.0. The molecule has 0 fully saturated rings. The number of rotatable bonds is 5. The first-order valence-electron chi connectivity index (χ1n) is 7.56. The Kier molecular flexibility index (Phi) is 5.62. The Morgan fingerprint density at radius 3 is 2.08 bits per heavy atom. The number of alkyl halides is 3. The molecule has 0 aliphatic carbocycles. The minimum atomic E-state index is -4.39. The van der Waals surface area contributed by atoms with Crippen molar-refractivity contribution in [1.29, 1.82) is 0 Å². The van der Waals surface area contributed by atoms with E-state index < -0.39 is 17.8 Å². The molecule has 2 aromatic carbocycles. The minimum absolute atomic E-state index is 0.0282. The van der Waals surface area contributed by atoms with Gasteiger partial charge in [0.05, 0.1) is 11.6 Å². The van der Waals surface area contributed by atoms with Gasteiger partial charge in [0, 0.05) is 11.7 Å². The summed E-state index contributed by atoms with van der Waals surface area (Å²) in [4.78, 5) is 12.2. The number of benzene rings is 2. The second kappa shape index (κ2) is 7.49. The molecule has 2 atom stereocenters. The van der Waals surface area contributed by atoms with Gasteiger partial charge >= 0.3 is 6.18 Å². The lowest BCUT2D eigenvalue weighted by molar-refractivity contribution is -0.137. The zero-order valence-electron chi connectivity index (χ0n) is 13.4. The Labute approximate surface area is 138 Å². The lowest BCUT2D eigenvalue weighted by atomic mass is 10.1. The summed E-state index contributed by atoms with van der Waals surface area (Å²) in [5, 5.41) is 5.77. The molecule has 0 saturated carbocycles. The van der Waals surface area contributed by atoms with Gasteiger partial charge in [-0.2, -0.15) is 13.2 Å². The van der Waals surface area contributed by atoms with Gasteiger partial charge in [-0.1, -0.05) is 30.3 Å². The van der Waals surface area contributed by atoms with Crippen molar-refractivity contribution in [2.75, 3.05) is 5.32 Å². The van der Waals surface area contributed by atoms with Gasteiger partial charge < -0.3 is 5.32 Å². The molecule has 0 aromatic heterocycles. The fourth-order valence-electron chi connectivity index (χ4n) is 2.28. The summed E-state index contributed by atoms with van der Waals surface area (Å²) >= 11 is 0. The maximum atomic E-state index is 12.5. The van der Waals surface area contributed by atoms with Crippen LogP contribution in [0.5, 0.6) is 0 Å². The molecule has 0 aliphatic heterocycles. The Hall–Kier alpha value is -2.34. The topological polar surface area (TPSA) is 41.1 Å². The number of carbonyl (C=O) groups excluding carboxylic acids is 1. The Morgan fingerprint density at radius 2 is 1.54 bits per heavy atom. The highest BCUT2D eigenvalue weighted by Crippen LogP contribution is 2.29. The van der Waals surface area contributed by atoms with Gasteiger partial charge in [-0.3, -0.25) is 10.1 Å². The predicted molar refractivity (Wildman–Crippen MR) is 87.5 cm³/mol. The van der Waals surface area contributed by atoms with E-state index in [4.69, 9.17) is 0 Å². The van der Waals surface area contributed by atoms with Crippen LogP contribution in [0.25, 0.3) is 0 Å². The molecule has 0 saturated heterocycles. The largest absolute Gasteiger partial charge is 0.416 e. The zero-order chi connectivity index (χ0) is 17.7. The number of carbonyl (C=O) groups is 1. The normalized spacial score (nSPS) is 14.0. The van der Waals surface area contributed by atoms with E-state index in [0.717, 1.165) is 17.7 Å². The van der Waals surface area contributed by atoms with Crippen LogP contribution in [0.15, 0.2) is 54.6 Å². The predicted octanol–water partition coefficient (Wildman–Crippen LogP) is 4.38. The van der Waals surface area contributed by atoms with Crippen molar-refractivity contribution < 1.29 is 18.0 Å². The summed E-state index contributed by atoms with van der Waals surface area (Å²) in [6.07, 6.45) is -4.39. The molecule has 0 heterocycles. The third-order valence-electron chi connectivity index (χ3n) is 3.67. The van der Waals surface area contributed by atoms with Crippen LogP contribution in [0.2, 0.25) is 0 Å². The molecule has 2 aromatic rings. The molecule has 2 N–H and O–H groups in total. The quantitative estimate of drug-likeness (QED) is 0.850. The third kappa shape index (κ3) is 4.83. The van der Waals surface area contributed by atoms with Gasteiger partial charge in [0.15, 0.2) is 0 Å². The van der Waals surface area contributed by atoms with Gasteiger partial charge in [-0.25, -0.2) is 0 Å². The van der Waals surface area contributed by atoms with E-state index in [0.29, 0.717) is 5.69 Å². The van der Waals surface area contributed by atoms with Crippen molar-refractivity contribution in [2.24, 2.45) is 0 Å². The monoisotopic (exact) mass is 336 g/mol. The number of halogens is 3. The molecule has 2 rings (SSSR count). The van der Waals surface area contributed by atoms with Crippen LogP contribution in [0.1, 0.15) is 31.0 Å². The Morgan fingerprint density at radius 1 is 0.958 bits per heavy atom. The van der Waals surface area contributed by atoms with Crippen molar-refractivity contribution in [3.05, 3.63) is 65.7 Å². The van der Waals surface area contributed by atoms with Gasteiger partial charge in [0.1, 0.15) is 0 Å². The molecular formula is C18H19F3N2O. The van der Waals surface area contributed by atoms with Crippen LogP contribution < -0.4 is 10.6 Å². The lowest BCUT2D eigenvalue weighted by Gasteiger charge is -2.20. The summed E-state index contributed by atoms with van der Waals surface area (Å²) in [5.41, 5.74) is 0.630. The highest BCUT2D eigenvalue weighted by Gasteiger charge is 2.30. The summed E-state index contributed by atoms with van der Waals surface area (Å²) in [6.45, 7) is 3.65. The molecule has 24 heavy (non-hydrogen) atoms. The fourth-order valence-corrected chi connectivity index (χ4v) is 2.28. The third-order valence-corrected chi connectivity index (χ3v) is 3.67. The molecule has 0 unspecified atom stereocenters. The summed E-state index contributed by atoms with van der Waals surface area (Å²) < 4.78 is 37.6. The van der Waals surface area contributed by atoms with E-state index in [-0.39, 0.29) is 11.9 Å². The lowest BCUT2D eigenvalue weighted by Crippen LogP contribution is -2.39. The molecular weight excluding hydrogens is 317 g/mol. The summed E-state index contributed by atoms with van der Waals surface area (Å²) in [7, 11) is 0. The van der Waals surface area contributed by atoms with Crippen LogP contribution in [0, 0.1) is 0 Å². The number of amides is 1. The van der Waals surface area contributed by atoms with Crippen molar-refractivity contribution in [1.82, 2.24) is 5.32 Å². The average molecular weight is 336 g/mol. The minimum Gasteiger partial charge on any atom is -0.325 e. The van der Waals surface area contributed by atoms with Crippen molar-refractivity contribution in [3.8, 4) is 0 Å². The Bertz CT molecular complexity index is 669. The van der Waals surface area contributed by atoms with Crippen LogP contribution in [0.4, 0.5) is 18.9 Å². The number of hydrogen-bond donors (Lipinski definition) is 2. The van der Waals surface area contributed by atoms with E-state index >= 15 is 0 Å². The van der Waals surface area contributed by atoms with Gasteiger partial charge in [-0.05, 0) is 43.7 Å². The molecule has 0 bridgehead atoms. The van der Waals surface area contributed by atoms with E-state index in [1.165, 1.54) is 12.1 Å². The summed E-state index contributed by atoms with van der Waals surface area (Å²) in [6, 6.07) is 13.5. The average Bonchev–Trinajstić information content (AvgIpc) is 2.55. The van der Waals surface area contributed by atoms with E-state index in [1.54, 1.807) is 6.92 Å². The standard InChI is InChI=1S/C18H19F3N2O/c1-12(14-6-4-3-5-7-14)22-13(2)17(24)23-16-10-8-15(9-11-16)18(19,20)21/h3-13,22H,1-2H3,(H,23,24)/t12-,13+/m0/s1. The van der Waals surface area contributed by atoms with Crippen molar-refractivity contribution >= 4 is 11.6 Å². The highest BCUT2D eigenvalue weighted by molar-refractivity contribution is 5.94. The first-order chi connectivity index (χ1) is 11.3. The molecule has 1 amide bonds. The van der Waals surface area contributed by atoms with E-state index in [2.05, 4.69) is 10.6 Å².